The number of nitrogens with one attached hydrogen (secondary N) is 1. The number of aryl methyl sites for hydroxylation is 1. The van der Waals surface area contributed by atoms with Crippen molar-refractivity contribution in [2.24, 2.45) is 5.92 Å². The van der Waals surface area contributed by atoms with Gasteiger partial charge in [0.2, 0.25) is 0 Å². The molecule has 0 bridgehead atoms. The maximum atomic E-state index is 5.62. The van der Waals surface area contributed by atoms with Crippen LogP contribution >= 0.6 is 11.3 Å². The minimum atomic E-state index is 0.671. The average molecular weight is 285 g/mol. The fourth-order valence-electron chi connectivity index (χ4n) is 1.75. The van der Waals surface area contributed by atoms with Crippen LogP contribution in [0.3, 0.4) is 0 Å². The van der Waals surface area contributed by atoms with E-state index in [1.165, 1.54) is 15.3 Å². The molecule has 0 amide bonds. The fourth-order valence-corrected chi connectivity index (χ4v) is 2.76. The van der Waals surface area contributed by atoms with Crippen molar-refractivity contribution in [1.29, 1.82) is 0 Å². The minimum Gasteiger partial charge on any atom is -0.379 e. The lowest BCUT2D eigenvalue weighted by atomic mass is 10.2. The lowest BCUT2D eigenvalue weighted by Crippen LogP contribution is -2.18. The average Bonchev–Trinajstić information content (AvgIpc) is 2.69. The van der Waals surface area contributed by atoms with E-state index in [0.29, 0.717) is 25.7 Å². The van der Waals surface area contributed by atoms with Crippen molar-refractivity contribution in [2.45, 2.75) is 40.8 Å². The van der Waals surface area contributed by atoms with E-state index < -0.39 is 0 Å². The minimum absolute atomic E-state index is 0.671. The number of hydrogen-bond acceptors (Lipinski definition) is 4. The first-order chi connectivity index (χ1) is 9.13. The summed E-state index contributed by atoms with van der Waals surface area (Å²) in [6.07, 6.45) is 0. The van der Waals surface area contributed by atoms with Crippen LogP contribution in [0, 0.1) is 12.8 Å². The van der Waals surface area contributed by atoms with Crippen LogP contribution in [0.5, 0.6) is 0 Å². The van der Waals surface area contributed by atoms with Crippen molar-refractivity contribution in [3.8, 4) is 0 Å². The molecule has 1 aromatic heterocycles. The van der Waals surface area contributed by atoms with Gasteiger partial charge in [-0.3, -0.25) is 0 Å². The molecule has 0 aliphatic carbocycles. The van der Waals surface area contributed by atoms with E-state index in [-0.39, 0.29) is 0 Å². The molecule has 0 aromatic carbocycles. The van der Waals surface area contributed by atoms with Gasteiger partial charge in [-0.2, -0.15) is 0 Å². The monoisotopic (exact) mass is 285 g/mol. The SMILES string of the molecule is CCOCCOCc1cc(CNCC(C)C)sc1C. The van der Waals surface area contributed by atoms with Crippen molar-refractivity contribution >= 4 is 11.3 Å². The first kappa shape index (κ1) is 16.6. The zero-order valence-electron chi connectivity index (χ0n) is 12.6. The first-order valence-corrected chi connectivity index (χ1v) is 7.89. The van der Waals surface area contributed by atoms with Gasteiger partial charge < -0.3 is 14.8 Å². The van der Waals surface area contributed by atoms with Gasteiger partial charge in [0, 0.05) is 22.9 Å². The Morgan fingerprint density at radius 3 is 2.68 bits per heavy atom. The molecule has 0 spiro atoms. The molecule has 110 valence electrons. The van der Waals surface area contributed by atoms with Crippen LogP contribution in [-0.2, 0) is 22.6 Å². The van der Waals surface area contributed by atoms with Crippen molar-refractivity contribution in [2.75, 3.05) is 26.4 Å². The third-order valence-electron chi connectivity index (χ3n) is 2.76. The van der Waals surface area contributed by atoms with Crippen LogP contribution in [0.2, 0.25) is 0 Å². The van der Waals surface area contributed by atoms with E-state index in [1.54, 1.807) is 0 Å². The van der Waals surface area contributed by atoms with Crippen LogP contribution < -0.4 is 5.32 Å². The van der Waals surface area contributed by atoms with Gasteiger partial charge in [-0.05, 0) is 37.9 Å². The summed E-state index contributed by atoms with van der Waals surface area (Å²) in [5.74, 6) is 0.697. The predicted octanol–water partition coefficient (Wildman–Crippen LogP) is 3.36. The summed E-state index contributed by atoms with van der Waals surface area (Å²) in [5.41, 5.74) is 1.31. The van der Waals surface area contributed by atoms with E-state index in [4.69, 9.17) is 9.47 Å². The summed E-state index contributed by atoms with van der Waals surface area (Å²) in [6, 6.07) is 2.26. The molecule has 0 atom stereocenters. The highest BCUT2D eigenvalue weighted by atomic mass is 32.1. The maximum absolute atomic E-state index is 5.62. The summed E-state index contributed by atoms with van der Waals surface area (Å²) in [7, 11) is 0. The second-order valence-electron chi connectivity index (χ2n) is 5.07. The van der Waals surface area contributed by atoms with Crippen molar-refractivity contribution in [3.05, 3.63) is 21.4 Å². The van der Waals surface area contributed by atoms with Crippen LogP contribution in [0.15, 0.2) is 6.07 Å². The highest BCUT2D eigenvalue weighted by molar-refractivity contribution is 7.12. The normalized spacial score (nSPS) is 11.4. The van der Waals surface area contributed by atoms with Crippen LogP contribution in [0.1, 0.15) is 36.1 Å². The third kappa shape index (κ3) is 7.06. The molecule has 0 radical (unpaired) electrons. The van der Waals surface area contributed by atoms with Crippen molar-refractivity contribution in [3.63, 3.8) is 0 Å². The molecule has 3 nitrogen and oxygen atoms in total. The predicted molar refractivity (Wildman–Crippen MR) is 81.7 cm³/mol. The van der Waals surface area contributed by atoms with E-state index >= 15 is 0 Å². The standard InChI is InChI=1S/C15H27NO2S/c1-5-17-6-7-18-11-14-8-15(19-13(14)4)10-16-9-12(2)3/h8,12,16H,5-7,9-11H2,1-4H3. The Kier molecular flexibility index (Phi) is 8.30. The number of rotatable bonds is 10. The molecule has 4 heteroatoms. The number of thiophene rings is 1. The molecule has 19 heavy (non-hydrogen) atoms. The zero-order valence-corrected chi connectivity index (χ0v) is 13.4. The molecule has 0 saturated carbocycles. The lowest BCUT2D eigenvalue weighted by Gasteiger charge is -2.05. The van der Waals surface area contributed by atoms with E-state index in [9.17, 15) is 0 Å². The highest BCUT2D eigenvalue weighted by Gasteiger charge is 2.05. The fraction of sp³-hybridized carbons (Fsp3) is 0.733. The smallest absolute Gasteiger partial charge is 0.0728 e. The van der Waals surface area contributed by atoms with Gasteiger partial charge >= 0.3 is 0 Å². The van der Waals surface area contributed by atoms with Crippen LogP contribution in [0.25, 0.3) is 0 Å². The largest absolute Gasteiger partial charge is 0.379 e. The van der Waals surface area contributed by atoms with Crippen molar-refractivity contribution < 1.29 is 9.47 Å². The van der Waals surface area contributed by atoms with Gasteiger partial charge in [0.15, 0.2) is 0 Å². The Morgan fingerprint density at radius 1 is 1.26 bits per heavy atom. The highest BCUT2D eigenvalue weighted by Crippen LogP contribution is 2.22. The number of hydrogen-bond donors (Lipinski definition) is 1. The molecule has 1 heterocycles. The van der Waals surface area contributed by atoms with Gasteiger partial charge in [-0.15, -0.1) is 11.3 Å². The summed E-state index contributed by atoms with van der Waals surface area (Å²) in [5, 5.41) is 3.48. The molecule has 1 aromatic rings. The van der Waals surface area contributed by atoms with Gasteiger partial charge in [0.25, 0.3) is 0 Å². The number of ether oxygens (including phenoxy) is 2. The topological polar surface area (TPSA) is 30.5 Å². The summed E-state index contributed by atoms with van der Waals surface area (Å²) in [6.45, 7) is 13.4. The van der Waals surface area contributed by atoms with Gasteiger partial charge in [0.05, 0.1) is 19.8 Å². The Balaban J connectivity index is 2.28. The van der Waals surface area contributed by atoms with E-state index in [1.807, 2.05) is 18.3 Å². The Morgan fingerprint density at radius 2 is 2.00 bits per heavy atom. The summed E-state index contributed by atoms with van der Waals surface area (Å²) in [4.78, 5) is 2.75. The molecule has 0 aliphatic heterocycles. The second kappa shape index (κ2) is 9.48. The maximum Gasteiger partial charge on any atom is 0.0728 e. The Bertz CT molecular complexity index is 350. The van der Waals surface area contributed by atoms with Crippen LogP contribution in [0.4, 0.5) is 0 Å². The molecule has 1 rings (SSSR count). The quantitative estimate of drug-likeness (QED) is 0.669. The van der Waals surface area contributed by atoms with Crippen LogP contribution in [-0.4, -0.2) is 26.4 Å². The van der Waals surface area contributed by atoms with Gasteiger partial charge in [-0.25, -0.2) is 0 Å². The van der Waals surface area contributed by atoms with Gasteiger partial charge in [-0.1, -0.05) is 13.8 Å². The molecule has 0 fully saturated rings. The first-order valence-electron chi connectivity index (χ1n) is 7.07. The zero-order chi connectivity index (χ0) is 14.1. The molecule has 0 unspecified atom stereocenters. The molecular weight excluding hydrogens is 258 g/mol. The Hall–Kier alpha value is -0.420. The van der Waals surface area contributed by atoms with E-state index in [2.05, 4.69) is 32.2 Å². The van der Waals surface area contributed by atoms with E-state index in [0.717, 1.165) is 19.7 Å². The molecule has 0 saturated heterocycles. The van der Waals surface area contributed by atoms with Gasteiger partial charge in [0.1, 0.15) is 0 Å². The molecular formula is C15H27NO2S. The molecule has 0 aliphatic rings. The second-order valence-corrected chi connectivity index (χ2v) is 6.41. The Labute approximate surface area is 121 Å². The lowest BCUT2D eigenvalue weighted by molar-refractivity contribution is 0.0452. The summed E-state index contributed by atoms with van der Waals surface area (Å²) < 4.78 is 10.9. The summed E-state index contributed by atoms with van der Waals surface area (Å²) >= 11 is 1.86. The molecule has 1 N–H and O–H groups in total. The van der Waals surface area contributed by atoms with Crippen molar-refractivity contribution in [1.82, 2.24) is 5.32 Å². The third-order valence-corrected chi connectivity index (χ3v) is 3.85.